The van der Waals surface area contributed by atoms with Crippen molar-refractivity contribution in [1.29, 1.82) is 0 Å². The number of hydrogen-bond donors (Lipinski definition) is 0. The van der Waals surface area contributed by atoms with Gasteiger partial charge in [-0.3, -0.25) is 9.98 Å². The summed E-state index contributed by atoms with van der Waals surface area (Å²) >= 11 is 14.5. The topological polar surface area (TPSA) is 33.4 Å². The predicted octanol–water partition coefficient (Wildman–Crippen LogP) is 5.77. The first-order valence-electron chi connectivity index (χ1n) is 9.16. The van der Waals surface area contributed by atoms with E-state index in [9.17, 15) is 0 Å². The van der Waals surface area contributed by atoms with Gasteiger partial charge in [0, 0.05) is 34.9 Å². The third-order valence-corrected chi connectivity index (χ3v) is 6.77. The summed E-state index contributed by atoms with van der Waals surface area (Å²) in [4.78, 5) is 12.1. The number of pyridine rings is 1. The lowest BCUT2D eigenvalue weighted by Gasteiger charge is -2.28. The summed E-state index contributed by atoms with van der Waals surface area (Å²) in [6, 6.07) is 15.9. The minimum absolute atomic E-state index is 0.0454. The third-order valence-electron chi connectivity index (χ3n) is 5.13. The number of benzene rings is 1. The second-order valence-electron chi connectivity index (χ2n) is 7.04. The van der Waals surface area contributed by atoms with Crippen molar-refractivity contribution in [3.05, 3.63) is 82.4 Å². The van der Waals surface area contributed by atoms with Crippen LogP contribution in [0.25, 0.3) is 5.69 Å². The van der Waals surface area contributed by atoms with Crippen molar-refractivity contribution in [2.24, 2.45) is 4.99 Å². The molecule has 0 aliphatic carbocycles. The van der Waals surface area contributed by atoms with E-state index in [1.165, 1.54) is 0 Å². The van der Waals surface area contributed by atoms with Crippen molar-refractivity contribution in [1.82, 2.24) is 14.5 Å². The fraction of sp³-hybridized carbons (Fsp3) is 0.238. The average molecular weight is 429 g/mol. The number of rotatable bonds is 3. The van der Waals surface area contributed by atoms with E-state index < -0.39 is 0 Å². The molecule has 4 nitrogen and oxygen atoms in total. The van der Waals surface area contributed by atoms with Crippen LogP contribution in [-0.2, 0) is 0 Å². The molecule has 142 valence electrons. The Morgan fingerprint density at radius 2 is 2.00 bits per heavy atom. The molecule has 0 amide bonds. The van der Waals surface area contributed by atoms with Crippen LogP contribution in [0.3, 0.4) is 0 Å². The highest BCUT2D eigenvalue weighted by molar-refractivity contribution is 8.14. The minimum atomic E-state index is -0.0454. The summed E-state index contributed by atoms with van der Waals surface area (Å²) in [7, 11) is 0. The lowest BCUT2D eigenvalue weighted by atomic mass is 10.0. The van der Waals surface area contributed by atoms with E-state index in [4.69, 9.17) is 28.2 Å². The fourth-order valence-electron chi connectivity index (χ4n) is 3.97. The van der Waals surface area contributed by atoms with E-state index in [1.807, 2.05) is 48.4 Å². The first-order chi connectivity index (χ1) is 13.6. The van der Waals surface area contributed by atoms with Gasteiger partial charge in [0.15, 0.2) is 5.17 Å². The van der Waals surface area contributed by atoms with Crippen LogP contribution in [0.4, 0.5) is 0 Å². The van der Waals surface area contributed by atoms with Crippen molar-refractivity contribution < 1.29 is 0 Å². The van der Waals surface area contributed by atoms with Gasteiger partial charge in [-0.2, -0.15) is 0 Å². The van der Waals surface area contributed by atoms with Gasteiger partial charge in [-0.25, -0.2) is 0 Å². The van der Waals surface area contributed by atoms with Gasteiger partial charge in [0.25, 0.3) is 0 Å². The molecule has 2 aliphatic rings. The van der Waals surface area contributed by atoms with Gasteiger partial charge in [-0.1, -0.05) is 48.0 Å². The quantitative estimate of drug-likeness (QED) is 0.530. The smallest absolute Gasteiger partial charge is 0.160 e. The van der Waals surface area contributed by atoms with Crippen molar-refractivity contribution in [2.45, 2.75) is 24.3 Å². The van der Waals surface area contributed by atoms with Crippen molar-refractivity contribution >= 4 is 40.1 Å². The van der Waals surface area contributed by atoms with Crippen LogP contribution in [0.2, 0.25) is 10.0 Å². The number of fused-ring (bicyclic) bond motifs is 1. The molecule has 3 aromatic rings. The maximum atomic E-state index is 6.52. The van der Waals surface area contributed by atoms with Crippen LogP contribution >= 0.6 is 35.0 Å². The first kappa shape index (κ1) is 18.1. The molecular weight excluding hydrogens is 411 g/mol. The Kier molecular flexibility index (Phi) is 4.62. The van der Waals surface area contributed by atoms with Gasteiger partial charge in [-0.15, -0.1) is 0 Å². The fourth-order valence-corrected chi connectivity index (χ4v) is 5.56. The standard InChI is InChI=1S/C21H18Cl2N4S/c1-13-12-27-20(19(25-21(27)28-13)16-5-2-3-9-24-16)18-6-4-10-26(18)17-8-7-14(22)11-15(17)23/h2-11,13,19-20H,12H2,1H3/t13-,19+,20-/m0/s1. The summed E-state index contributed by atoms with van der Waals surface area (Å²) in [6.45, 7) is 3.21. The zero-order valence-electron chi connectivity index (χ0n) is 15.2. The van der Waals surface area contributed by atoms with Gasteiger partial charge in [0.2, 0.25) is 0 Å². The zero-order chi connectivity index (χ0) is 19.3. The van der Waals surface area contributed by atoms with Crippen LogP contribution in [0.5, 0.6) is 0 Å². The molecule has 1 fully saturated rings. The lowest BCUT2D eigenvalue weighted by Crippen LogP contribution is -2.30. The Morgan fingerprint density at radius 1 is 1.11 bits per heavy atom. The molecule has 2 aromatic heterocycles. The molecule has 4 heterocycles. The van der Waals surface area contributed by atoms with E-state index in [0.717, 1.165) is 28.8 Å². The minimum Gasteiger partial charge on any atom is -0.339 e. The van der Waals surface area contributed by atoms with Gasteiger partial charge < -0.3 is 9.47 Å². The molecule has 5 rings (SSSR count). The Balaban J connectivity index is 1.62. The van der Waals surface area contributed by atoms with Crippen molar-refractivity contribution in [3.8, 4) is 5.69 Å². The molecule has 28 heavy (non-hydrogen) atoms. The summed E-state index contributed by atoms with van der Waals surface area (Å²) in [5, 5.41) is 2.88. The number of aromatic nitrogens is 2. The molecule has 7 heteroatoms. The van der Waals surface area contributed by atoms with E-state index in [0.29, 0.717) is 15.3 Å². The number of nitrogens with zero attached hydrogens (tertiary/aromatic N) is 4. The molecule has 0 spiro atoms. The molecule has 0 saturated carbocycles. The molecular formula is C21H18Cl2N4S. The largest absolute Gasteiger partial charge is 0.339 e. The van der Waals surface area contributed by atoms with Crippen molar-refractivity contribution in [2.75, 3.05) is 6.54 Å². The van der Waals surface area contributed by atoms with Gasteiger partial charge in [-0.05, 0) is 42.5 Å². The van der Waals surface area contributed by atoms with E-state index >= 15 is 0 Å². The number of aliphatic imine (C=N–C) groups is 1. The van der Waals surface area contributed by atoms with E-state index in [1.54, 1.807) is 6.07 Å². The first-order valence-corrected chi connectivity index (χ1v) is 10.8. The second kappa shape index (κ2) is 7.14. The number of hydrogen-bond acceptors (Lipinski definition) is 4. The highest BCUT2D eigenvalue weighted by atomic mass is 35.5. The number of halogens is 2. The molecule has 0 bridgehead atoms. The van der Waals surface area contributed by atoms with Crippen LogP contribution < -0.4 is 0 Å². The SMILES string of the molecule is C[C@H]1CN2C(=N[C@H](c3ccccn3)[C@@H]2c2cccn2-c2ccc(Cl)cc2Cl)S1. The Bertz CT molecular complexity index is 1050. The monoisotopic (exact) mass is 428 g/mol. The van der Waals surface area contributed by atoms with Crippen LogP contribution in [0, 0.1) is 0 Å². The third kappa shape index (κ3) is 3.02. The Hall–Kier alpha value is -1.95. The summed E-state index contributed by atoms with van der Waals surface area (Å²) in [6.07, 6.45) is 3.88. The zero-order valence-corrected chi connectivity index (χ0v) is 17.5. The number of thioether (sulfide) groups is 1. The molecule has 3 atom stereocenters. The number of amidine groups is 1. The van der Waals surface area contributed by atoms with Crippen LogP contribution in [0.1, 0.15) is 30.4 Å². The molecule has 2 aliphatic heterocycles. The van der Waals surface area contributed by atoms with Crippen molar-refractivity contribution in [3.63, 3.8) is 0 Å². The normalized spacial score (nSPS) is 23.8. The Labute approximate surface area is 178 Å². The van der Waals surface area contributed by atoms with Crippen LogP contribution in [0.15, 0.2) is 65.9 Å². The van der Waals surface area contributed by atoms with Crippen LogP contribution in [-0.4, -0.2) is 31.4 Å². The van der Waals surface area contributed by atoms with E-state index in [2.05, 4.69) is 39.6 Å². The maximum Gasteiger partial charge on any atom is 0.160 e. The summed E-state index contributed by atoms with van der Waals surface area (Å²) in [5.41, 5.74) is 3.05. The van der Waals surface area contributed by atoms with Gasteiger partial charge in [0.1, 0.15) is 6.04 Å². The van der Waals surface area contributed by atoms with Gasteiger partial charge in [0.05, 0.1) is 22.4 Å². The molecule has 0 N–H and O–H groups in total. The molecule has 0 unspecified atom stereocenters. The molecule has 0 radical (unpaired) electrons. The summed E-state index contributed by atoms with van der Waals surface area (Å²) in [5.74, 6) is 0. The highest BCUT2D eigenvalue weighted by Gasteiger charge is 2.44. The maximum absolute atomic E-state index is 6.52. The molecule has 1 saturated heterocycles. The van der Waals surface area contributed by atoms with Gasteiger partial charge >= 0.3 is 0 Å². The lowest BCUT2D eigenvalue weighted by molar-refractivity contribution is 0.312. The second-order valence-corrected chi connectivity index (χ2v) is 9.28. The Morgan fingerprint density at radius 3 is 2.79 bits per heavy atom. The average Bonchev–Trinajstić information content (AvgIpc) is 3.36. The highest BCUT2D eigenvalue weighted by Crippen LogP contribution is 2.48. The predicted molar refractivity (Wildman–Crippen MR) is 117 cm³/mol. The van der Waals surface area contributed by atoms with E-state index in [-0.39, 0.29) is 12.1 Å². The summed E-state index contributed by atoms with van der Waals surface area (Å²) < 4.78 is 2.14. The molecule has 1 aromatic carbocycles.